The summed E-state index contributed by atoms with van der Waals surface area (Å²) in [7, 11) is 0. The lowest BCUT2D eigenvalue weighted by Crippen LogP contribution is -2.20. The quantitative estimate of drug-likeness (QED) is 0.722. The minimum atomic E-state index is -0.0546. The van der Waals surface area contributed by atoms with Gasteiger partial charge in [-0.2, -0.15) is 4.68 Å². The van der Waals surface area contributed by atoms with E-state index in [1.165, 1.54) is 22.0 Å². The number of aryl methyl sites for hydroxylation is 1. The van der Waals surface area contributed by atoms with E-state index in [4.69, 9.17) is 4.42 Å². The highest BCUT2D eigenvalue weighted by atomic mass is 32.2. The third-order valence-corrected chi connectivity index (χ3v) is 4.75. The summed E-state index contributed by atoms with van der Waals surface area (Å²) in [5, 5.41) is 4.93. The molecule has 0 radical (unpaired) electrons. The van der Waals surface area contributed by atoms with Crippen molar-refractivity contribution in [3.05, 3.63) is 54.0 Å². The molecule has 0 aliphatic carbocycles. The smallest absolute Gasteiger partial charge is 0.250 e. The number of furan rings is 1. The first-order valence-corrected chi connectivity index (χ1v) is 7.86. The maximum atomic E-state index is 12.3. The predicted octanol–water partition coefficient (Wildman–Crippen LogP) is 3.72. The van der Waals surface area contributed by atoms with Gasteiger partial charge >= 0.3 is 0 Å². The highest BCUT2D eigenvalue weighted by molar-refractivity contribution is 7.99. The number of hydrogen-bond donors (Lipinski definition) is 0. The second kappa shape index (κ2) is 5.14. The van der Waals surface area contributed by atoms with Crippen LogP contribution in [-0.2, 0) is 0 Å². The van der Waals surface area contributed by atoms with Gasteiger partial charge < -0.3 is 4.42 Å². The van der Waals surface area contributed by atoms with Crippen LogP contribution in [0.2, 0.25) is 0 Å². The molecule has 2 aromatic heterocycles. The van der Waals surface area contributed by atoms with E-state index in [-0.39, 0.29) is 11.2 Å². The van der Waals surface area contributed by atoms with Crippen LogP contribution in [0, 0.1) is 6.92 Å². The molecule has 3 aromatic rings. The molecular weight excluding hydrogens is 298 g/mol. The topological polar surface area (TPSA) is 60.9 Å². The van der Waals surface area contributed by atoms with Crippen molar-refractivity contribution in [3.8, 4) is 11.4 Å². The van der Waals surface area contributed by atoms with Crippen LogP contribution in [0.3, 0.4) is 0 Å². The lowest BCUT2D eigenvalue weighted by Gasteiger charge is -2.17. The molecule has 0 N–H and O–H groups in total. The van der Waals surface area contributed by atoms with Crippen LogP contribution in [0.1, 0.15) is 27.8 Å². The Morgan fingerprint density at radius 1 is 1.27 bits per heavy atom. The highest BCUT2D eigenvalue weighted by Crippen LogP contribution is 2.41. The molecule has 0 fully saturated rings. The largest absolute Gasteiger partial charge is 0.468 e. The van der Waals surface area contributed by atoms with Crippen LogP contribution < -0.4 is 0 Å². The zero-order valence-corrected chi connectivity index (χ0v) is 12.7. The Labute approximate surface area is 131 Å². The summed E-state index contributed by atoms with van der Waals surface area (Å²) < 4.78 is 6.81. The zero-order valence-electron chi connectivity index (χ0n) is 11.9. The van der Waals surface area contributed by atoms with E-state index in [0.29, 0.717) is 17.4 Å². The van der Waals surface area contributed by atoms with Crippen molar-refractivity contribution in [3.63, 3.8) is 0 Å². The molecule has 1 aliphatic heterocycles. The predicted molar refractivity (Wildman–Crippen MR) is 82.7 cm³/mol. The van der Waals surface area contributed by atoms with Crippen molar-refractivity contribution in [1.29, 1.82) is 0 Å². The molecule has 6 heteroatoms. The van der Waals surface area contributed by atoms with E-state index in [9.17, 15) is 4.79 Å². The number of carbonyl (C=O) groups is 1. The normalized spacial score (nSPS) is 17.5. The Balaban J connectivity index is 1.69. The fourth-order valence-electron chi connectivity index (χ4n) is 2.41. The molecule has 1 aliphatic rings. The van der Waals surface area contributed by atoms with Gasteiger partial charge in [-0.25, -0.2) is 4.98 Å². The SMILES string of the molecule is Cc1ccc(-c2nc3n(n2)C(=O)C[C@H](c2ccco2)S3)cc1. The average Bonchev–Trinajstić information content (AvgIpc) is 3.17. The first kappa shape index (κ1) is 13.3. The van der Waals surface area contributed by atoms with Crippen molar-refractivity contribution in [2.75, 3.05) is 0 Å². The molecule has 0 saturated carbocycles. The number of aromatic nitrogens is 3. The molecule has 0 amide bonds. The standard InChI is InChI=1S/C16H13N3O2S/c1-10-4-6-11(7-5-10)15-17-16-19(18-15)14(20)9-13(22-16)12-3-2-8-21-12/h2-8,13H,9H2,1H3/t13-/m1/s1. The van der Waals surface area contributed by atoms with Gasteiger partial charge in [0.1, 0.15) is 5.76 Å². The van der Waals surface area contributed by atoms with Gasteiger partial charge in [-0.05, 0) is 19.1 Å². The Morgan fingerprint density at radius 3 is 2.82 bits per heavy atom. The van der Waals surface area contributed by atoms with Crippen LogP contribution in [-0.4, -0.2) is 20.7 Å². The van der Waals surface area contributed by atoms with Crippen LogP contribution >= 0.6 is 11.8 Å². The number of benzene rings is 1. The number of fused-ring (bicyclic) bond motifs is 1. The molecule has 1 atom stereocenters. The highest BCUT2D eigenvalue weighted by Gasteiger charge is 2.31. The van der Waals surface area contributed by atoms with Gasteiger partial charge in [0.15, 0.2) is 11.0 Å². The van der Waals surface area contributed by atoms with E-state index in [1.54, 1.807) is 6.26 Å². The molecule has 22 heavy (non-hydrogen) atoms. The Hall–Kier alpha value is -2.34. The minimum absolute atomic E-state index is 0.0370. The van der Waals surface area contributed by atoms with Gasteiger partial charge in [-0.3, -0.25) is 4.79 Å². The van der Waals surface area contributed by atoms with Gasteiger partial charge in [0.25, 0.3) is 5.91 Å². The minimum Gasteiger partial charge on any atom is -0.468 e. The van der Waals surface area contributed by atoms with Gasteiger partial charge in [0, 0.05) is 12.0 Å². The van der Waals surface area contributed by atoms with Gasteiger partial charge in [0.05, 0.1) is 11.5 Å². The fraction of sp³-hybridized carbons (Fsp3) is 0.188. The lowest BCUT2D eigenvalue weighted by molar-refractivity contribution is 0.0865. The van der Waals surface area contributed by atoms with E-state index >= 15 is 0 Å². The van der Waals surface area contributed by atoms with Crippen molar-refractivity contribution in [2.45, 2.75) is 23.8 Å². The maximum Gasteiger partial charge on any atom is 0.250 e. The molecule has 5 nitrogen and oxygen atoms in total. The van der Waals surface area contributed by atoms with Crippen LogP contribution in [0.5, 0.6) is 0 Å². The maximum absolute atomic E-state index is 12.3. The average molecular weight is 311 g/mol. The summed E-state index contributed by atoms with van der Waals surface area (Å²) in [5.74, 6) is 1.32. The van der Waals surface area contributed by atoms with Crippen LogP contribution in [0.4, 0.5) is 0 Å². The third-order valence-electron chi connectivity index (χ3n) is 3.59. The first-order valence-electron chi connectivity index (χ1n) is 6.98. The Bertz CT molecular complexity index is 822. The third kappa shape index (κ3) is 2.25. The molecule has 3 heterocycles. The van der Waals surface area contributed by atoms with Crippen LogP contribution in [0.15, 0.2) is 52.2 Å². The molecule has 0 spiro atoms. The molecule has 110 valence electrons. The number of thioether (sulfide) groups is 1. The second-order valence-electron chi connectivity index (χ2n) is 5.22. The number of carbonyl (C=O) groups excluding carboxylic acids is 1. The van der Waals surface area contributed by atoms with E-state index in [0.717, 1.165) is 11.3 Å². The first-order chi connectivity index (χ1) is 10.7. The summed E-state index contributed by atoms with van der Waals surface area (Å²) in [6.45, 7) is 2.03. The second-order valence-corrected chi connectivity index (χ2v) is 6.39. The monoisotopic (exact) mass is 311 g/mol. The number of hydrogen-bond acceptors (Lipinski definition) is 5. The number of rotatable bonds is 2. The van der Waals surface area contributed by atoms with E-state index in [1.807, 2.05) is 43.3 Å². The van der Waals surface area contributed by atoms with Crippen molar-refractivity contribution in [1.82, 2.24) is 14.8 Å². The van der Waals surface area contributed by atoms with Gasteiger partial charge in [-0.15, -0.1) is 5.10 Å². The number of nitrogens with zero attached hydrogens (tertiary/aromatic N) is 3. The summed E-state index contributed by atoms with van der Waals surface area (Å²) >= 11 is 1.51. The van der Waals surface area contributed by atoms with Crippen molar-refractivity contribution in [2.24, 2.45) is 0 Å². The summed E-state index contributed by atoms with van der Waals surface area (Å²) in [4.78, 5) is 16.8. The molecule has 0 bridgehead atoms. The summed E-state index contributed by atoms with van der Waals surface area (Å²) in [6, 6.07) is 11.7. The summed E-state index contributed by atoms with van der Waals surface area (Å²) in [5.41, 5.74) is 2.09. The summed E-state index contributed by atoms with van der Waals surface area (Å²) in [6.07, 6.45) is 1.99. The van der Waals surface area contributed by atoms with Gasteiger partial charge in [0.2, 0.25) is 0 Å². The van der Waals surface area contributed by atoms with Gasteiger partial charge in [-0.1, -0.05) is 41.6 Å². The Morgan fingerprint density at radius 2 is 2.09 bits per heavy atom. The lowest BCUT2D eigenvalue weighted by atomic mass is 10.1. The van der Waals surface area contributed by atoms with Crippen molar-refractivity contribution >= 4 is 17.7 Å². The Kier molecular flexibility index (Phi) is 3.11. The van der Waals surface area contributed by atoms with Crippen LogP contribution in [0.25, 0.3) is 11.4 Å². The van der Waals surface area contributed by atoms with E-state index in [2.05, 4.69) is 10.1 Å². The van der Waals surface area contributed by atoms with Crippen molar-refractivity contribution < 1.29 is 9.21 Å². The molecule has 0 unspecified atom stereocenters. The molecule has 4 rings (SSSR count). The molecular formula is C16H13N3O2S. The fourth-order valence-corrected chi connectivity index (χ4v) is 3.52. The van der Waals surface area contributed by atoms with E-state index < -0.39 is 0 Å². The molecule has 1 aromatic carbocycles. The molecule has 0 saturated heterocycles. The zero-order chi connectivity index (χ0) is 15.1.